The fraction of sp³-hybridized carbons (Fsp3) is 0.353. The molecule has 25 heavy (non-hydrogen) atoms. The van der Waals surface area contributed by atoms with Crippen LogP contribution in [0.1, 0.15) is 34.7 Å². The van der Waals surface area contributed by atoms with Crippen LogP contribution in [-0.4, -0.2) is 32.4 Å². The highest BCUT2D eigenvalue weighted by molar-refractivity contribution is 6.06. The fourth-order valence-corrected chi connectivity index (χ4v) is 2.44. The van der Waals surface area contributed by atoms with Gasteiger partial charge >= 0.3 is 0 Å². The summed E-state index contributed by atoms with van der Waals surface area (Å²) in [4.78, 5) is 28.9. The number of hydrogen-bond acceptors (Lipinski definition) is 7. The van der Waals surface area contributed by atoms with E-state index in [0.717, 1.165) is 11.3 Å². The Morgan fingerprint density at radius 1 is 1.24 bits per heavy atom. The molecule has 1 aliphatic rings. The molecule has 1 aliphatic carbocycles. The topological polar surface area (TPSA) is 103 Å². The van der Waals surface area contributed by atoms with Gasteiger partial charge in [0.25, 0.3) is 5.91 Å². The number of nitrogens with zero attached hydrogens (tertiary/aromatic N) is 4. The Bertz CT molecular complexity index is 931. The van der Waals surface area contributed by atoms with Crippen LogP contribution in [0.2, 0.25) is 0 Å². The SMILES string of the molecule is Cc1oc2ncnc(NC(=O)c3cnc(OCC4CC4)cn3)c2c1C. The van der Waals surface area contributed by atoms with Crippen molar-refractivity contribution in [2.75, 3.05) is 11.9 Å². The van der Waals surface area contributed by atoms with Crippen molar-refractivity contribution in [2.24, 2.45) is 5.92 Å². The van der Waals surface area contributed by atoms with Gasteiger partial charge in [-0.15, -0.1) is 0 Å². The second kappa shape index (κ2) is 6.12. The number of aromatic nitrogens is 4. The molecule has 0 saturated heterocycles. The second-order valence-corrected chi connectivity index (χ2v) is 6.13. The molecule has 0 aromatic carbocycles. The van der Waals surface area contributed by atoms with Gasteiger partial charge in [-0.25, -0.2) is 19.9 Å². The van der Waals surface area contributed by atoms with Crippen LogP contribution in [0.3, 0.4) is 0 Å². The first-order chi connectivity index (χ1) is 12.1. The van der Waals surface area contributed by atoms with Gasteiger partial charge in [0.15, 0.2) is 0 Å². The number of aryl methyl sites for hydroxylation is 2. The van der Waals surface area contributed by atoms with Crippen molar-refractivity contribution >= 4 is 22.8 Å². The number of nitrogens with one attached hydrogen (secondary N) is 1. The van der Waals surface area contributed by atoms with Gasteiger partial charge in [-0.05, 0) is 32.6 Å². The zero-order valence-electron chi connectivity index (χ0n) is 13.9. The maximum absolute atomic E-state index is 12.4. The van der Waals surface area contributed by atoms with E-state index >= 15 is 0 Å². The molecule has 4 rings (SSSR count). The van der Waals surface area contributed by atoms with E-state index in [1.807, 2.05) is 13.8 Å². The lowest BCUT2D eigenvalue weighted by Crippen LogP contribution is -2.15. The predicted molar refractivity (Wildman–Crippen MR) is 89.5 cm³/mol. The minimum Gasteiger partial charge on any atom is -0.476 e. The third-order valence-corrected chi connectivity index (χ3v) is 4.22. The van der Waals surface area contributed by atoms with Crippen molar-refractivity contribution in [2.45, 2.75) is 26.7 Å². The molecule has 1 N–H and O–H groups in total. The Hall–Kier alpha value is -3.03. The van der Waals surface area contributed by atoms with E-state index in [-0.39, 0.29) is 5.69 Å². The highest BCUT2D eigenvalue weighted by atomic mass is 16.5. The standard InChI is InChI=1S/C17H17N5O3/c1-9-10(2)25-17-14(9)15(20-8-21-17)22-16(23)12-5-19-13(6-18-12)24-7-11-3-4-11/h5-6,8,11H,3-4,7H2,1-2H3,(H,20,21,22,23). The van der Waals surface area contributed by atoms with Crippen molar-refractivity contribution in [1.29, 1.82) is 0 Å². The highest BCUT2D eigenvalue weighted by Crippen LogP contribution is 2.29. The molecular formula is C17H17N5O3. The van der Waals surface area contributed by atoms with E-state index < -0.39 is 5.91 Å². The van der Waals surface area contributed by atoms with Crippen molar-refractivity contribution in [3.63, 3.8) is 0 Å². The van der Waals surface area contributed by atoms with Gasteiger partial charge in [0.2, 0.25) is 11.6 Å². The Labute approximate surface area is 143 Å². The number of ether oxygens (including phenoxy) is 1. The number of carbonyl (C=O) groups excluding carboxylic acids is 1. The van der Waals surface area contributed by atoms with Gasteiger partial charge in [-0.2, -0.15) is 0 Å². The Morgan fingerprint density at radius 2 is 2.08 bits per heavy atom. The van der Waals surface area contributed by atoms with E-state index in [2.05, 4.69) is 25.3 Å². The molecular weight excluding hydrogens is 322 g/mol. The van der Waals surface area contributed by atoms with Gasteiger partial charge in [0.1, 0.15) is 23.6 Å². The molecule has 3 aromatic rings. The van der Waals surface area contributed by atoms with E-state index in [1.54, 1.807) is 0 Å². The lowest BCUT2D eigenvalue weighted by molar-refractivity contribution is 0.102. The molecule has 1 saturated carbocycles. The van der Waals surface area contributed by atoms with Crippen molar-refractivity contribution < 1.29 is 13.9 Å². The molecule has 3 aromatic heterocycles. The number of carbonyl (C=O) groups is 1. The Kier molecular flexibility index (Phi) is 3.79. The lowest BCUT2D eigenvalue weighted by Gasteiger charge is -2.06. The lowest BCUT2D eigenvalue weighted by atomic mass is 10.2. The van der Waals surface area contributed by atoms with Gasteiger partial charge in [0.05, 0.1) is 24.4 Å². The van der Waals surface area contributed by atoms with Crippen LogP contribution in [0.15, 0.2) is 23.1 Å². The molecule has 0 atom stereocenters. The normalized spacial score (nSPS) is 13.8. The summed E-state index contributed by atoms with van der Waals surface area (Å²) in [5, 5.41) is 3.43. The molecule has 0 aliphatic heterocycles. The molecule has 8 nitrogen and oxygen atoms in total. The maximum Gasteiger partial charge on any atom is 0.277 e. The summed E-state index contributed by atoms with van der Waals surface area (Å²) < 4.78 is 11.1. The highest BCUT2D eigenvalue weighted by Gasteiger charge is 2.22. The monoisotopic (exact) mass is 339 g/mol. The van der Waals surface area contributed by atoms with Crippen LogP contribution >= 0.6 is 0 Å². The molecule has 0 radical (unpaired) electrons. The molecule has 8 heteroatoms. The molecule has 1 fully saturated rings. The summed E-state index contributed by atoms with van der Waals surface area (Å²) in [7, 11) is 0. The van der Waals surface area contributed by atoms with E-state index in [1.165, 1.54) is 31.6 Å². The van der Waals surface area contributed by atoms with Crippen LogP contribution < -0.4 is 10.1 Å². The molecule has 0 spiro atoms. The first kappa shape index (κ1) is 15.5. The van der Waals surface area contributed by atoms with E-state index in [4.69, 9.17) is 9.15 Å². The minimum atomic E-state index is -0.403. The van der Waals surface area contributed by atoms with Crippen LogP contribution in [-0.2, 0) is 0 Å². The van der Waals surface area contributed by atoms with Gasteiger partial charge in [-0.3, -0.25) is 4.79 Å². The smallest absolute Gasteiger partial charge is 0.277 e. The zero-order valence-corrected chi connectivity index (χ0v) is 13.9. The van der Waals surface area contributed by atoms with Crippen molar-refractivity contribution in [1.82, 2.24) is 19.9 Å². The number of amides is 1. The summed E-state index contributed by atoms with van der Waals surface area (Å²) in [5.41, 5.74) is 1.51. The third kappa shape index (κ3) is 3.15. The van der Waals surface area contributed by atoms with Crippen LogP contribution in [0.4, 0.5) is 5.82 Å². The number of fused-ring (bicyclic) bond motifs is 1. The minimum absolute atomic E-state index is 0.184. The first-order valence-electron chi connectivity index (χ1n) is 8.08. The summed E-state index contributed by atoms with van der Waals surface area (Å²) in [6.45, 7) is 4.39. The average Bonchev–Trinajstić information content (AvgIpc) is 3.39. The van der Waals surface area contributed by atoms with E-state index in [0.29, 0.717) is 35.3 Å². The van der Waals surface area contributed by atoms with Gasteiger partial charge in [-0.1, -0.05) is 0 Å². The zero-order chi connectivity index (χ0) is 17.4. The summed E-state index contributed by atoms with van der Waals surface area (Å²) in [6.07, 6.45) is 6.60. The number of anilines is 1. The fourth-order valence-electron chi connectivity index (χ4n) is 2.44. The second-order valence-electron chi connectivity index (χ2n) is 6.13. The average molecular weight is 339 g/mol. The van der Waals surface area contributed by atoms with Crippen LogP contribution in [0.25, 0.3) is 11.1 Å². The van der Waals surface area contributed by atoms with Crippen molar-refractivity contribution in [3.8, 4) is 5.88 Å². The number of hydrogen-bond donors (Lipinski definition) is 1. The largest absolute Gasteiger partial charge is 0.476 e. The first-order valence-corrected chi connectivity index (χ1v) is 8.08. The number of furan rings is 1. The Balaban J connectivity index is 1.51. The summed E-state index contributed by atoms with van der Waals surface area (Å²) in [5.74, 6) is 1.78. The predicted octanol–water partition coefficient (Wildman–Crippen LogP) is 2.67. The third-order valence-electron chi connectivity index (χ3n) is 4.22. The molecule has 3 heterocycles. The van der Waals surface area contributed by atoms with Crippen molar-refractivity contribution in [3.05, 3.63) is 35.7 Å². The maximum atomic E-state index is 12.4. The van der Waals surface area contributed by atoms with Crippen LogP contribution in [0, 0.1) is 19.8 Å². The van der Waals surface area contributed by atoms with E-state index in [9.17, 15) is 4.79 Å². The molecule has 1 amide bonds. The van der Waals surface area contributed by atoms with Gasteiger partial charge < -0.3 is 14.5 Å². The Morgan fingerprint density at radius 3 is 2.80 bits per heavy atom. The molecule has 0 bridgehead atoms. The van der Waals surface area contributed by atoms with Gasteiger partial charge in [0, 0.05) is 5.56 Å². The van der Waals surface area contributed by atoms with Crippen LogP contribution in [0.5, 0.6) is 5.88 Å². The number of rotatable bonds is 5. The molecule has 0 unspecified atom stereocenters. The molecule has 128 valence electrons. The summed E-state index contributed by atoms with van der Waals surface area (Å²) in [6, 6.07) is 0. The summed E-state index contributed by atoms with van der Waals surface area (Å²) >= 11 is 0. The quantitative estimate of drug-likeness (QED) is 0.762.